The van der Waals surface area contributed by atoms with E-state index in [0.29, 0.717) is 5.91 Å². The maximum absolute atomic E-state index is 12.2. The van der Waals surface area contributed by atoms with Gasteiger partial charge in [0.1, 0.15) is 0 Å². The van der Waals surface area contributed by atoms with Crippen LogP contribution in [-0.4, -0.2) is 35.8 Å². The van der Waals surface area contributed by atoms with Crippen molar-refractivity contribution in [2.45, 2.75) is 51.0 Å². The van der Waals surface area contributed by atoms with Crippen LogP contribution in [0.1, 0.15) is 44.9 Å². The highest BCUT2D eigenvalue weighted by Gasteiger charge is 2.35. The summed E-state index contributed by atoms with van der Waals surface area (Å²) in [5.74, 6) is 1.07. The topological polar surface area (TPSA) is 49.4 Å². The zero-order chi connectivity index (χ0) is 12.5. The van der Waals surface area contributed by atoms with E-state index >= 15 is 0 Å². The van der Waals surface area contributed by atoms with E-state index in [4.69, 9.17) is 0 Å². The van der Waals surface area contributed by atoms with E-state index in [9.17, 15) is 9.59 Å². The van der Waals surface area contributed by atoms with E-state index in [1.807, 2.05) is 4.90 Å². The van der Waals surface area contributed by atoms with E-state index < -0.39 is 0 Å². The van der Waals surface area contributed by atoms with Gasteiger partial charge in [-0.05, 0) is 32.1 Å². The van der Waals surface area contributed by atoms with Crippen molar-refractivity contribution in [3.63, 3.8) is 0 Å². The molecule has 0 radical (unpaired) electrons. The number of carbonyl (C=O) groups is 2. The van der Waals surface area contributed by atoms with Crippen LogP contribution >= 0.6 is 0 Å². The van der Waals surface area contributed by atoms with E-state index in [0.717, 1.165) is 45.2 Å². The Morgan fingerprint density at radius 2 is 1.67 bits per heavy atom. The number of nitrogens with one attached hydrogen (secondary N) is 1. The van der Waals surface area contributed by atoms with Crippen molar-refractivity contribution in [3.8, 4) is 0 Å². The second-order valence-electron chi connectivity index (χ2n) is 6.03. The molecule has 1 atom stereocenters. The summed E-state index contributed by atoms with van der Waals surface area (Å²) in [6.07, 6.45) is 7.55. The lowest BCUT2D eigenvalue weighted by atomic mass is 10.1. The summed E-state index contributed by atoms with van der Waals surface area (Å²) >= 11 is 0. The maximum Gasteiger partial charge on any atom is 0.225 e. The molecule has 2 amide bonds. The lowest BCUT2D eigenvalue weighted by Gasteiger charge is -2.20. The molecule has 0 aromatic rings. The first-order valence-electron chi connectivity index (χ1n) is 7.33. The molecule has 0 unspecified atom stereocenters. The molecule has 2 aliphatic carbocycles. The first-order valence-corrected chi connectivity index (χ1v) is 7.33. The fourth-order valence-electron chi connectivity index (χ4n) is 3.17. The van der Waals surface area contributed by atoms with Crippen molar-refractivity contribution in [1.29, 1.82) is 0 Å². The lowest BCUT2D eigenvalue weighted by Crippen LogP contribution is -2.40. The number of carbonyl (C=O) groups excluding carboxylic acids is 2. The predicted molar refractivity (Wildman–Crippen MR) is 67.8 cm³/mol. The molecular formula is C14H22N2O2. The quantitative estimate of drug-likeness (QED) is 0.821. The molecule has 1 saturated heterocycles. The Labute approximate surface area is 108 Å². The smallest absolute Gasteiger partial charge is 0.225 e. The van der Waals surface area contributed by atoms with Crippen molar-refractivity contribution in [2.24, 2.45) is 11.8 Å². The van der Waals surface area contributed by atoms with Crippen molar-refractivity contribution in [2.75, 3.05) is 13.1 Å². The first-order chi connectivity index (χ1) is 8.74. The van der Waals surface area contributed by atoms with Gasteiger partial charge >= 0.3 is 0 Å². The Morgan fingerprint density at radius 1 is 0.944 bits per heavy atom. The van der Waals surface area contributed by atoms with Crippen LogP contribution in [0.25, 0.3) is 0 Å². The van der Waals surface area contributed by atoms with Gasteiger partial charge in [0.25, 0.3) is 0 Å². The van der Waals surface area contributed by atoms with Crippen LogP contribution in [0.5, 0.6) is 0 Å². The second kappa shape index (κ2) is 4.90. The fraction of sp³-hybridized carbons (Fsp3) is 0.857. The largest absolute Gasteiger partial charge is 0.351 e. The van der Waals surface area contributed by atoms with E-state index in [2.05, 4.69) is 5.32 Å². The third-order valence-corrected chi connectivity index (χ3v) is 4.50. The molecule has 18 heavy (non-hydrogen) atoms. The van der Waals surface area contributed by atoms with Gasteiger partial charge < -0.3 is 10.2 Å². The average molecular weight is 250 g/mol. The number of likely N-dealkylation sites (tertiary alicyclic amines) is 1. The Bertz CT molecular complexity index is 346. The molecular weight excluding hydrogens is 228 g/mol. The molecule has 1 N–H and O–H groups in total. The van der Waals surface area contributed by atoms with Gasteiger partial charge in [-0.3, -0.25) is 9.59 Å². The van der Waals surface area contributed by atoms with Crippen LogP contribution in [-0.2, 0) is 9.59 Å². The zero-order valence-electron chi connectivity index (χ0n) is 10.9. The SMILES string of the molecule is O=C(N[C@H]1CCN(C(=O)C2CCCC2)C1)C1CC1. The first kappa shape index (κ1) is 12.0. The van der Waals surface area contributed by atoms with Crippen LogP contribution in [0.15, 0.2) is 0 Å². The number of hydrogen-bond acceptors (Lipinski definition) is 2. The maximum atomic E-state index is 12.2. The van der Waals surface area contributed by atoms with Gasteiger partial charge in [-0.25, -0.2) is 0 Å². The number of hydrogen-bond donors (Lipinski definition) is 1. The van der Waals surface area contributed by atoms with Crippen LogP contribution in [0.4, 0.5) is 0 Å². The number of nitrogens with zero attached hydrogens (tertiary/aromatic N) is 1. The molecule has 0 aromatic heterocycles. The molecule has 0 bridgehead atoms. The minimum atomic E-state index is 0.198. The van der Waals surface area contributed by atoms with E-state index in [1.165, 1.54) is 12.8 Å². The van der Waals surface area contributed by atoms with Crippen LogP contribution in [0, 0.1) is 11.8 Å². The minimum Gasteiger partial charge on any atom is -0.351 e. The molecule has 1 aliphatic heterocycles. The highest BCUT2D eigenvalue weighted by atomic mass is 16.2. The third kappa shape index (κ3) is 2.52. The number of rotatable bonds is 3. The van der Waals surface area contributed by atoms with Crippen molar-refractivity contribution < 1.29 is 9.59 Å². The monoisotopic (exact) mass is 250 g/mol. The molecule has 4 heteroatoms. The van der Waals surface area contributed by atoms with Gasteiger partial charge in [0.05, 0.1) is 0 Å². The van der Waals surface area contributed by atoms with Crippen LogP contribution < -0.4 is 5.32 Å². The van der Waals surface area contributed by atoms with E-state index in [1.54, 1.807) is 0 Å². The van der Waals surface area contributed by atoms with Gasteiger partial charge in [-0.2, -0.15) is 0 Å². The molecule has 0 spiro atoms. The lowest BCUT2D eigenvalue weighted by molar-refractivity contribution is -0.134. The average Bonchev–Trinajstić information content (AvgIpc) is 2.90. The summed E-state index contributed by atoms with van der Waals surface area (Å²) in [5, 5.41) is 3.08. The molecule has 2 saturated carbocycles. The highest BCUT2D eigenvalue weighted by molar-refractivity contribution is 5.82. The number of amides is 2. The van der Waals surface area contributed by atoms with Gasteiger partial charge in [-0.1, -0.05) is 12.8 Å². The van der Waals surface area contributed by atoms with Crippen molar-refractivity contribution in [3.05, 3.63) is 0 Å². The van der Waals surface area contributed by atoms with Crippen molar-refractivity contribution >= 4 is 11.8 Å². The Balaban J connectivity index is 1.48. The molecule has 3 fully saturated rings. The Hall–Kier alpha value is -1.06. The molecule has 100 valence electrons. The third-order valence-electron chi connectivity index (χ3n) is 4.50. The summed E-state index contributed by atoms with van der Waals surface area (Å²) in [6, 6.07) is 0.198. The minimum absolute atomic E-state index is 0.198. The molecule has 3 rings (SSSR count). The second-order valence-corrected chi connectivity index (χ2v) is 6.03. The van der Waals surface area contributed by atoms with Crippen LogP contribution in [0.3, 0.4) is 0 Å². The Morgan fingerprint density at radius 3 is 2.33 bits per heavy atom. The normalized spacial score (nSPS) is 28.7. The molecule has 1 heterocycles. The highest BCUT2D eigenvalue weighted by Crippen LogP contribution is 2.30. The van der Waals surface area contributed by atoms with E-state index in [-0.39, 0.29) is 23.8 Å². The summed E-state index contributed by atoms with van der Waals surface area (Å²) in [6.45, 7) is 1.55. The summed E-state index contributed by atoms with van der Waals surface area (Å²) in [7, 11) is 0. The van der Waals surface area contributed by atoms with Gasteiger partial charge in [0.2, 0.25) is 11.8 Å². The van der Waals surface area contributed by atoms with Crippen LogP contribution in [0.2, 0.25) is 0 Å². The molecule has 3 aliphatic rings. The fourth-order valence-corrected chi connectivity index (χ4v) is 3.17. The molecule has 0 aromatic carbocycles. The standard InChI is InChI=1S/C14H22N2O2/c17-13(10-5-6-10)15-12-7-8-16(9-12)14(18)11-3-1-2-4-11/h10-12H,1-9H2,(H,15,17)/t12-/m0/s1. The van der Waals surface area contributed by atoms with Crippen molar-refractivity contribution in [1.82, 2.24) is 10.2 Å². The Kier molecular flexibility index (Phi) is 3.27. The summed E-state index contributed by atoms with van der Waals surface area (Å²) < 4.78 is 0. The zero-order valence-corrected chi connectivity index (χ0v) is 10.9. The van der Waals surface area contributed by atoms with Gasteiger partial charge in [0.15, 0.2) is 0 Å². The summed E-state index contributed by atoms with van der Waals surface area (Å²) in [5.41, 5.74) is 0. The summed E-state index contributed by atoms with van der Waals surface area (Å²) in [4.78, 5) is 25.9. The predicted octanol–water partition coefficient (Wildman–Crippen LogP) is 1.30. The van der Waals surface area contributed by atoms with Gasteiger partial charge in [-0.15, -0.1) is 0 Å². The molecule has 4 nitrogen and oxygen atoms in total. The van der Waals surface area contributed by atoms with Gasteiger partial charge in [0, 0.05) is 31.0 Å².